The summed E-state index contributed by atoms with van der Waals surface area (Å²) >= 11 is 3.34. The third-order valence-electron chi connectivity index (χ3n) is 4.05. The van der Waals surface area contributed by atoms with E-state index in [1.807, 2.05) is 13.0 Å². The fourth-order valence-corrected chi connectivity index (χ4v) is 4.19. The molecular formula is C20H24N4S2. The summed E-state index contributed by atoms with van der Waals surface area (Å²) in [5.74, 6) is 1.67. The fourth-order valence-electron chi connectivity index (χ4n) is 2.64. The lowest BCUT2D eigenvalue weighted by molar-refractivity contribution is 0.590. The molecule has 3 rings (SSSR count). The van der Waals surface area contributed by atoms with Gasteiger partial charge in [-0.05, 0) is 17.9 Å². The highest BCUT2D eigenvalue weighted by Crippen LogP contribution is 2.29. The van der Waals surface area contributed by atoms with Crippen LogP contribution in [-0.4, -0.2) is 19.7 Å². The van der Waals surface area contributed by atoms with Crippen molar-refractivity contribution in [1.29, 1.82) is 0 Å². The molecular weight excluding hydrogens is 360 g/mol. The molecule has 0 spiro atoms. The first kappa shape index (κ1) is 18.9. The van der Waals surface area contributed by atoms with Gasteiger partial charge in [0.25, 0.3) is 0 Å². The zero-order valence-corrected chi connectivity index (χ0v) is 17.3. The molecule has 2 aromatic heterocycles. The van der Waals surface area contributed by atoms with Crippen molar-refractivity contribution in [3.8, 4) is 11.4 Å². The Kier molecular flexibility index (Phi) is 5.63. The van der Waals surface area contributed by atoms with E-state index in [0.717, 1.165) is 33.0 Å². The molecule has 0 unspecified atom stereocenters. The Balaban J connectivity index is 1.85. The summed E-state index contributed by atoms with van der Waals surface area (Å²) in [5.41, 5.74) is 3.61. The second-order valence-electron chi connectivity index (χ2n) is 7.18. The summed E-state index contributed by atoms with van der Waals surface area (Å²) in [6, 6.07) is 8.60. The molecule has 0 atom stereocenters. The van der Waals surface area contributed by atoms with E-state index in [-0.39, 0.29) is 5.41 Å². The highest BCUT2D eigenvalue weighted by atomic mass is 32.2. The largest absolute Gasteiger partial charge is 0.298 e. The van der Waals surface area contributed by atoms with Gasteiger partial charge in [0.1, 0.15) is 0 Å². The summed E-state index contributed by atoms with van der Waals surface area (Å²) < 4.78 is 2.11. The first-order valence-electron chi connectivity index (χ1n) is 8.57. The van der Waals surface area contributed by atoms with Crippen LogP contribution in [0.25, 0.3) is 11.4 Å². The van der Waals surface area contributed by atoms with E-state index in [9.17, 15) is 0 Å². The highest BCUT2D eigenvalue weighted by molar-refractivity contribution is 7.98. The topological polar surface area (TPSA) is 43.6 Å². The SMILES string of the molecule is C=CCn1c(SCc2csc(C)n2)nnc1-c1ccc(C(C)(C)C)cc1. The van der Waals surface area contributed by atoms with Crippen molar-refractivity contribution in [2.75, 3.05) is 0 Å². The molecule has 3 aromatic rings. The number of aryl methyl sites for hydroxylation is 1. The van der Waals surface area contributed by atoms with Gasteiger partial charge in [-0.2, -0.15) is 0 Å². The zero-order valence-electron chi connectivity index (χ0n) is 15.7. The average Bonchev–Trinajstić information content (AvgIpc) is 3.19. The number of rotatable bonds is 6. The zero-order chi connectivity index (χ0) is 18.7. The van der Waals surface area contributed by atoms with Crippen molar-refractivity contribution < 1.29 is 0 Å². The maximum absolute atomic E-state index is 4.52. The maximum atomic E-state index is 4.52. The number of benzene rings is 1. The Bertz CT molecular complexity index is 885. The van der Waals surface area contributed by atoms with Gasteiger partial charge in [0.05, 0.1) is 10.7 Å². The molecule has 0 radical (unpaired) electrons. The number of hydrogen-bond donors (Lipinski definition) is 0. The first-order valence-corrected chi connectivity index (χ1v) is 10.4. The Labute approximate surface area is 163 Å². The first-order chi connectivity index (χ1) is 12.4. The van der Waals surface area contributed by atoms with Gasteiger partial charge in [-0.1, -0.05) is 62.9 Å². The number of thioether (sulfide) groups is 1. The van der Waals surface area contributed by atoms with E-state index < -0.39 is 0 Å². The summed E-state index contributed by atoms with van der Waals surface area (Å²) in [6.07, 6.45) is 1.88. The number of thiazole rings is 1. The van der Waals surface area contributed by atoms with E-state index in [4.69, 9.17) is 0 Å². The van der Waals surface area contributed by atoms with E-state index in [1.54, 1.807) is 23.1 Å². The van der Waals surface area contributed by atoms with Crippen molar-refractivity contribution in [3.63, 3.8) is 0 Å². The monoisotopic (exact) mass is 384 g/mol. The summed E-state index contributed by atoms with van der Waals surface area (Å²) in [5, 5.41) is 12.9. The molecule has 0 amide bonds. The second kappa shape index (κ2) is 7.76. The van der Waals surface area contributed by atoms with Crippen molar-refractivity contribution in [2.24, 2.45) is 0 Å². The molecule has 0 bridgehead atoms. The molecule has 0 saturated heterocycles. The molecule has 136 valence electrons. The minimum Gasteiger partial charge on any atom is -0.298 e. The van der Waals surface area contributed by atoms with E-state index >= 15 is 0 Å². The summed E-state index contributed by atoms with van der Waals surface area (Å²) in [6.45, 7) is 13.2. The van der Waals surface area contributed by atoms with Gasteiger partial charge >= 0.3 is 0 Å². The van der Waals surface area contributed by atoms with Crippen molar-refractivity contribution in [3.05, 3.63) is 58.6 Å². The maximum Gasteiger partial charge on any atom is 0.192 e. The van der Waals surface area contributed by atoms with E-state index in [2.05, 4.69) is 76.7 Å². The van der Waals surface area contributed by atoms with Gasteiger partial charge in [0.15, 0.2) is 11.0 Å². The summed E-state index contributed by atoms with van der Waals surface area (Å²) in [7, 11) is 0. The molecule has 1 aromatic carbocycles. The van der Waals surface area contributed by atoms with Crippen LogP contribution in [0.4, 0.5) is 0 Å². The Morgan fingerprint density at radius 3 is 2.50 bits per heavy atom. The average molecular weight is 385 g/mol. The van der Waals surface area contributed by atoms with E-state index in [1.165, 1.54) is 5.56 Å². The number of allylic oxidation sites excluding steroid dienone is 1. The van der Waals surface area contributed by atoms with Gasteiger partial charge in [-0.15, -0.1) is 28.1 Å². The predicted molar refractivity (Wildman–Crippen MR) is 111 cm³/mol. The lowest BCUT2D eigenvalue weighted by atomic mass is 9.87. The van der Waals surface area contributed by atoms with Gasteiger partial charge in [-0.3, -0.25) is 4.57 Å². The normalized spacial score (nSPS) is 11.7. The van der Waals surface area contributed by atoms with Gasteiger partial charge < -0.3 is 0 Å². The Morgan fingerprint density at radius 2 is 1.92 bits per heavy atom. The molecule has 4 nitrogen and oxygen atoms in total. The number of aromatic nitrogens is 4. The predicted octanol–water partition coefficient (Wildman–Crippen LogP) is 5.49. The Hall–Kier alpha value is -1.92. The van der Waals surface area contributed by atoms with Crippen LogP contribution < -0.4 is 0 Å². The van der Waals surface area contributed by atoms with Crippen LogP contribution in [0, 0.1) is 6.92 Å². The molecule has 0 saturated carbocycles. The van der Waals surface area contributed by atoms with Gasteiger partial charge in [0, 0.05) is 23.2 Å². The molecule has 0 fully saturated rings. The minimum absolute atomic E-state index is 0.139. The molecule has 2 heterocycles. The smallest absolute Gasteiger partial charge is 0.192 e. The quantitative estimate of drug-likeness (QED) is 0.416. The molecule has 0 aliphatic carbocycles. The van der Waals surface area contributed by atoms with Crippen LogP contribution in [0.15, 0.2) is 47.5 Å². The Morgan fingerprint density at radius 1 is 1.19 bits per heavy atom. The van der Waals surface area contributed by atoms with Crippen LogP contribution in [0.1, 0.15) is 37.0 Å². The van der Waals surface area contributed by atoms with Crippen LogP contribution in [0.5, 0.6) is 0 Å². The van der Waals surface area contributed by atoms with Gasteiger partial charge in [-0.25, -0.2) is 4.98 Å². The van der Waals surface area contributed by atoms with Crippen LogP contribution in [0.2, 0.25) is 0 Å². The third kappa shape index (κ3) is 4.24. The number of nitrogens with zero attached hydrogens (tertiary/aromatic N) is 4. The highest BCUT2D eigenvalue weighted by Gasteiger charge is 2.17. The van der Waals surface area contributed by atoms with Crippen LogP contribution in [0.3, 0.4) is 0 Å². The second-order valence-corrected chi connectivity index (χ2v) is 9.18. The molecule has 0 aliphatic rings. The third-order valence-corrected chi connectivity index (χ3v) is 5.88. The molecule has 0 N–H and O–H groups in total. The molecule has 26 heavy (non-hydrogen) atoms. The van der Waals surface area contributed by atoms with Crippen LogP contribution >= 0.6 is 23.1 Å². The lowest BCUT2D eigenvalue weighted by Gasteiger charge is -2.19. The van der Waals surface area contributed by atoms with Gasteiger partial charge in [0.2, 0.25) is 0 Å². The van der Waals surface area contributed by atoms with Crippen molar-refractivity contribution in [1.82, 2.24) is 19.7 Å². The molecule has 6 heteroatoms. The standard InChI is InChI=1S/C20H24N4S2/c1-6-11-24-18(15-7-9-16(10-8-15)20(3,4)5)22-23-19(24)26-13-17-12-25-14(2)21-17/h6-10,12H,1,11,13H2,2-5H3. The van der Waals surface area contributed by atoms with Crippen LogP contribution in [-0.2, 0) is 17.7 Å². The van der Waals surface area contributed by atoms with Crippen molar-refractivity contribution in [2.45, 2.75) is 50.6 Å². The van der Waals surface area contributed by atoms with E-state index in [0.29, 0.717) is 6.54 Å². The van der Waals surface area contributed by atoms with Crippen molar-refractivity contribution >= 4 is 23.1 Å². The fraction of sp³-hybridized carbons (Fsp3) is 0.350. The number of hydrogen-bond acceptors (Lipinski definition) is 5. The minimum atomic E-state index is 0.139. The lowest BCUT2D eigenvalue weighted by Crippen LogP contribution is -2.10. The summed E-state index contributed by atoms with van der Waals surface area (Å²) in [4.78, 5) is 4.52. The molecule has 0 aliphatic heterocycles.